The molecule has 2 rings (SSSR count). The Hall–Kier alpha value is -1.10. The van der Waals surface area contributed by atoms with Gasteiger partial charge in [0.15, 0.2) is 0 Å². The number of ether oxygens (including phenoxy) is 1. The number of halogens is 3. The van der Waals surface area contributed by atoms with Crippen molar-refractivity contribution in [1.82, 2.24) is 0 Å². The third-order valence-corrected chi connectivity index (χ3v) is 3.96. The van der Waals surface area contributed by atoms with E-state index in [1.165, 1.54) is 6.07 Å². The smallest absolute Gasteiger partial charge is 0.131 e. The van der Waals surface area contributed by atoms with Gasteiger partial charge < -0.3 is 10.5 Å². The van der Waals surface area contributed by atoms with Gasteiger partial charge in [-0.3, -0.25) is 0 Å². The Morgan fingerprint density at radius 1 is 1.33 bits per heavy atom. The molecule has 5 heteroatoms. The third kappa shape index (κ3) is 3.96. The molecule has 2 aromatic rings. The molecule has 0 aromatic heterocycles. The Labute approximate surface area is 137 Å². The van der Waals surface area contributed by atoms with Crippen LogP contribution in [-0.4, -0.2) is 6.54 Å². The second-order valence-corrected chi connectivity index (χ2v) is 6.06. The summed E-state index contributed by atoms with van der Waals surface area (Å²) in [5.74, 6) is 0.376. The quantitative estimate of drug-likeness (QED) is 0.830. The van der Waals surface area contributed by atoms with Crippen LogP contribution in [0.1, 0.15) is 16.7 Å². The maximum absolute atomic E-state index is 13.8. The van der Waals surface area contributed by atoms with E-state index in [0.29, 0.717) is 23.6 Å². The largest absolute Gasteiger partial charge is 0.488 e. The van der Waals surface area contributed by atoms with E-state index in [1.54, 1.807) is 12.1 Å². The van der Waals surface area contributed by atoms with Crippen molar-refractivity contribution in [3.05, 3.63) is 62.3 Å². The van der Waals surface area contributed by atoms with Crippen LogP contribution in [0.4, 0.5) is 4.39 Å². The molecule has 0 amide bonds. The molecule has 0 aliphatic heterocycles. The summed E-state index contributed by atoms with van der Waals surface area (Å²) in [5, 5.41) is 0.366. The molecule has 0 aliphatic rings. The third-order valence-electron chi connectivity index (χ3n) is 3.15. The minimum absolute atomic E-state index is 0.0888. The molecule has 0 atom stereocenters. The van der Waals surface area contributed by atoms with Crippen molar-refractivity contribution in [2.24, 2.45) is 5.73 Å². The predicted molar refractivity (Wildman–Crippen MR) is 87.4 cm³/mol. The van der Waals surface area contributed by atoms with Crippen molar-refractivity contribution in [3.63, 3.8) is 0 Å². The molecule has 0 saturated heterocycles. The highest BCUT2D eigenvalue weighted by atomic mass is 79.9. The van der Waals surface area contributed by atoms with Gasteiger partial charge in [-0.15, -0.1) is 0 Å². The van der Waals surface area contributed by atoms with Gasteiger partial charge in [-0.05, 0) is 55.3 Å². The van der Waals surface area contributed by atoms with Crippen LogP contribution < -0.4 is 10.5 Å². The van der Waals surface area contributed by atoms with Crippen LogP contribution in [0, 0.1) is 12.7 Å². The van der Waals surface area contributed by atoms with E-state index in [-0.39, 0.29) is 12.4 Å². The molecule has 0 spiro atoms. The van der Waals surface area contributed by atoms with Crippen LogP contribution in [0.5, 0.6) is 5.75 Å². The summed E-state index contributed by atoms with van der Waals surface area (Å²) < 4.78 is 20.6. The van der Waals surface area contributed by atoms with Crippen LogP contribution in [0.3, 0.4) is 0 Å². The van der Waals surface area contributed by atoms with Crippen LogP contribution >= 0.6 is 27.5 Å². The van der Waals surface area contributed by atoms with Crippen molar-refractivity contribution in [2.45, 2.75) is 20.0 Å². The number of aryl methyl sites for hydroxylation is 1. The van der Waals surface area contributed by atoms with Gasteiger partial charge in [0.1, 0.15) is 18.2 Å². The zero-order valence-corrected chi connectivity index (χ0v) is 14.0. The van der Waals surface area contributed by atoms with Gasteiger partial charge in [-0.2, -0.15) is 0 Å². The molecule has 0 bridgehead atoms. The van der Waals surface area contributed by atoms with Gasteiger partial charge in [0.25, 0.3) is 0 Å². The zero-order valence-electron chi connectivity index (χ0n) is 11.6. The number of benzene rings is 2. The van der Waals surface area contributed by atoms with Gasteiger partial charge in [-0.25, -0.2) is 4.39 Å². The number of nitrogens with two attached hydrogens (primary N) is 1. The summed E-state index contributed by atoms with van der Waals surface area (Å²) in [5.41, 5.74) is 7.96. The summed E-state index contributed by atoms with van der Waals surface area (Å²) in [4.78, 5) is 0. The van der Waals surface area contributed by atoms with Crippen molar-refractivity contribution in [3.8, 4) is 5.75 Å². The molecule has 0 radical (unpaired) electrons. The first-order valence-corrected chi connectivity index (χ1v) is 7.74. The van der Waals surface area contributed by atoms with Gasteiger partial charge in [0.05, 0.1) is 5.02 Å². The van der Waals surface area contributed by atoms with Crippen molar-refractivity contribution >= 4 is 27.5 Å². The summed E-state index contributed by atoms with van der Waals surface area (Å²) in [6.45, 7) is 2.56. The standard InChI is InChI=1S/C16H16BrClFNO/c1-10-7-12(17)8-11(5-6-20)16(10)21-9-13-14(18)3-2-4-15(13)19/h2-4,7-8H,5-6,9,20H2,1H3. The van der Waals surface area contributed by atoms with Gasteiger partial charge >= 0.3 is 0 Å². The minimum atomic E-state index is -0.363. The Morgan fingerprint density at radius 3 is 2.76 bits per heavy atom. The predicted octanol–water partition coefficient (Wildman–Crippen LogP) is 4.63. The van der Waals surface area contributed by atoms with E-state index in [1.807, 2.05) is 19.1 Å². The molecule has 0 aliphatic carbocycles. The Kier molecular flexibility index (Phi) is 5.62. The fourth-order valence-corrected chi connectivity index (χ4v) is 3.00. The molecule has 2 N–H and O–H groups in total. The van der Waals surface area contributed by atoms with Crippen molar-refractivity contribution in [1.29, 1.82) is 0 Å². The Balaban J connectivity index is 2.27. The fraction of sp³-hybridized carbons (Fsp3) is 0.250. The van der Waals surface area contributed by atoms with Crippen molar-refractivity contribution in [2.75, 3.05) is 6.54 Å². The Bertz CT molecular complexity index is 628. The number of rotatable bonds is 5. The lowest BCUT2D eigenvalue weighted by Gasteiger charge is -2.15. The zero-order chi connectivity index (χ0) is 15.4. The molecule has 2 aromatic carbocycles. The normalized spacial score (nSPS) is 10.7. The second kappa shape index (κ2) is 7.25. The van der Waals surface area contributed by atoms with Crippen LogP contribution in [-0.2, 0) is 13.0 Å². The van der Waals surface area contributed by atoms with Crippen molar-refractivity contribution < 1.29 is 9.13 Å². The maximum Gasteiger partial charge on any atom is 0.131 e. The van der Waals surface area contributed by atoms with E-state index in [0.717, 1.165) is 21.3 Å². The van der Waals surface area contributed by atoms with E-state index in [9.17, 15) is 4.39 Å². The number of hydrogen-bond acceptors (Lipinski definition) is 2. The molecule has 21 heavy (non-hydrogen) atoms. The lowest BCUT2D eigenvalue weighted by atomic mass is 10.1. The second-order valence-electron chi connectivity index (χ2n) is 4.74. The highest BCUT2D eigenvalue weighted by Crippen LogP contribution is 2.30. The van der Waals surface area contributed by atoms with Gasteiger partial charge in [0.2, 0.25) is 0 Å². The van der Waals surface area contributed by atoms with Gasteiger partial charge in [0, 0.05) is 10.0 Å². The molecule has 0 saturated carbocycles. The average molecular weight is 373 g/mol. The van der Waals surface area contributed by atoms with E-state index < -0.39 is 0 Å². The van der Waals surface area contributed by atoms with Gasteiger partial charge in [-0.1, -0.05) is 33.6 Å². The first-order valence-electron chi connectivity index (χ1n) is 6.57. The molecular weight excluding hydrogens is 357 g/mol. The first kappa shape index (κ1) is 16.3. The first-order chi connectivity index (χ1) is 10.0. The molecule has 0 fully saturated rings. The molecular formula is C16H16BrClFNO. The topological polar surface area (TPSA) is 35.2 Å². The highest BCUT2D eigenvalue weighted by Gasteiger charge is 2.12. The lowest BCUT2D eigenvalue weighted by Crippen LogP contribution is -2.07. The summed E-state index contributed by atoms with van der Waals surface area (Å²) >= 11 is 9.47. The number of hydrogen-bond donors (Lipinski definition) is 1. The fourth-order valence-electron chi connectivity index (χ4n) is 2.16. The average Bonchev–Trinajstić information content (AvgIpc) is 2.40. The summed E-state index contributed by atoms with van der Waals surface area (Å²) in [6, 6.07) is 8.53. The maximum atomic E-state index is 13.8. The lowest BCUT2D eigenvalue weighted by molar-refractivity contribution is 0.295. The SMILES string of the molecule is Cc1cc(Br)cc(CCN)c1OCc1c(F)cccc1Cl. The van der Waals surface area contributed by atoms with Crippen LogP contribution in [0.2, 0.25) is 5.02 Å². The minimum Gasteiger partial charge on any atom is -0.488 e. The molecule has 0 heterocycles. The monoisotopic (exact) mass is 371 g/mol. The summed E-state index contributed by atoms with van der Waals surface area (Å²) in [6.07, 6.45) is 0.695. The van der Waals surface area contributed by atoms with Crippen LogP contribution in [0.15, 0.2) is 34.8 Å². The molecule has 0 unspecified atom stereocenters. The molecule has 112 valence electrons. The van der Waals surface area contributed by atoms with E-state index in [2.05, 4.69) is 15.9 Å². The van der Waals surface area contributed by atoms with Crippen LogP contribution in [0.25, 0.3) is 0 Å². The highest BCUT2D eigenvalue weighted by molar-refractivity contribution is 9.10. The Morgan fingerprint density at radius 2 is 2.10 bits per heavy atom. The molecule has 2 nitrogen and oxygen atoms in total. The van der Waals surface area contributed by atoms with E-state index >= 15 is 0 Å². The van der Waals surface area contributed by atoms with E-state index in [4.69, 9.17) is 22.1 Å². The summed E-state index contributed by atoms with van der Waals surface area (Å²) in [7, 11) is 0.